The van der Waals surface area contributed by atoms with E-state index in [1.807, 2.05) is 36.4 Å². The molecule has 1 heterocycles. The predicted molar refractivity (Wildman–Crippen MR) is 79.7 cm³/mol. The molecular weight excluding hydrogens is 266 g/mol. The lowest BCUT2D eigenvalue weighted by Crippen LogP contribution is -2.14. The van der Waals surface area contributed by atoms with Crippen molar-refractivity contribution in [1.29, 1.82) is 0 Å². The van der Waals surface area contributed by atoms with Gasteiger partial charge < -0.3 is 4.74 Å². The van der Waals surface area contributed by atoms with E-state index in [2.05, 4.69) is 29.3 Å². The molecule has 106 valence electrons. The fourth-order valence-electron chi connectivity index (χ4n) is 2.01. The molecule has 3 rings (SSSR count). The summed E-state index contributed by atoms with van der Waals surface area (Å²) in [6.07, 6.45) is 1.45. The number of rotatable bonds is 4. The number of aromatic amines is 1. The van der Waals surface area contributed by atoms with Gasteiger partial charge in [-0.15, -0.1) is 0 Å². The summed E-state index contributed by atoms with van der Waals surface area (Å²) in [7, 11) is 0. The van der Waals surface area contributed by atoms with Crippen molar-refractivity contribution in [3.8, 4) is 11.4 Å². The zero-order valence-electron chi connectivity index (χ0n) is 11.6. The second kappa shape index (κ2) is 5.66. The molecule has 0 atom stereocenters. The SMILES string of the molecule is Cc1ccc(COc2cccc(-n3cn[nH]c3=O)c2)cc1. The minimum absolute atomic E-state index is 0.273. The maximum atomic E-state index is 11.5. The summed E-state index contributed by atoms with van der Waals surface area (Å²) < 4.78 is 7.19. The Morgan fingerprint density at radius 1 is 1.19 bits per heavy atom. The van der Waals surface area contributed by atoms with Gasteiger partial charge in [0.25, 0.3) is 0 Å². The number of nitrogens with zero attached hydrogens (tertiary/aromatic N) is 2. The lowest BCUT2D eigenvalue weighted by atomic mass is 10.2. The third-order valence-electron chi connectivity index (χ3n) is 3.17. The van der Waals surface area contributed by atoms with Crippen molar-refractivity contribution in [3.63, 3.8) is 0 Å². The van der Waals surface area contributed by atoms with Crippen LogP contribution in [0.4, 0.5) is 0 Å². The first kappa shape index (κ1) is 13.2. The maximum absolute atomic E-state index is 11.5. The van der Waals surface area contributed by atoms with Crippen LogP contribution in [0.5, 0.6) is 5.75 Å². The zero-order chi connectivity index (χ0) is 14.7. The largest absolute Gasteiger partial charge is 0.489 e. The van der Waals surface area contributed by atoms with Gasteiger partial charge in [0.2, 0.25) is 0 Å². The standard InChI is InChI=1S/C16H15N3O2/c1-12-5-7-13(8-6-12)10-21-15-4-2-3-14(9-15)19-11-17-18-16(19)20/h2-9,11H,10H2,1H3,(H,18,20). The normalized spacial score (nSPS) is 10.5. The van der Waals surface area contributed by atoms with Gasteiger partial charge in [-0.25, -0.2) is 14.5 Å². The van der Waals surface area contributed by atoms with Crippen LogP contribution in [0.1, 0.15) is 11.1 Å². The van der Waals surface area contributed by atoms with E-state index in [0.29, 0.717) is 12.4 Å². The molecule has 0 aliphatic rings. The third kappa shape index (κ3) is 3.02. The van der Waals surface area contributed by atoms with E-state index in [1.165, 1.54) is 16.5 Å². The lowest BCUT2D eigenvalue weighted by molar-refractivity contribution is 0.306. The predicted octanol–water partition coefficient (Wildman–Crippen LogP) is 2.45. The van der Waals surface area contributed by atoms with Crippen molar-refractivity contribution in [1.82, 2.24) is 14.8 Å². The molecule has 0 aliphatic heterocycles. The summed E-state index contributed by atoms with van der Waals surface area (Å²) in [6, 6.07) is 15.5. The summed E-state index contributed by atoms with van der Waals surface area (Å²) in [6.45, 7) is 2.54. The van der Waals surface area contributed by atoms with Crippen LogP contribution in [0, 0.1) is 6.92 Å². The number of ether oxygens (including phenoxy) is 1. The summed E-state index contributed by atoms with van der Waals surface area (Å²) in [4.78, 5) is 11.5. The fraction of sp³-hybridized carbons (Fsp3) is 0.125. The molecule has 0 saturated carbocycles. The molecule has 0 fully saturated rings. The van der Waals surface area contributed by atoms with Gasteiger partial charge in [0.05, 0.1) is 5.69 Å². The number of aromatic nitrogens is 3. The average molecular weight is 281 g/mol. The van der Waals surface area contributed by atoms with Crippen LogP contribution < -0.4 is 10.4 Å². The number of hydrogen-bond donors (Lipinski definition) is 1. The number of nitrogens with one attached hydrogen (secondary N) is 1. The summed E-state index contributed by atoms with van der Waals surface area (Å²) in [5, 5.41) is 6.08. The fourth-order valence-corrected chi connectivity index (χ4v) is 2.01. The molecule has 5 heteroatoms. The van der Waals surface area contributed by atoms with Gasteiger partial charge in [0.15, 0.2) is 0 Å². The van der Waals surface area contributed by atoms with Gasteiger partial charge in [-0.05, 0) is 24.6 Å². The third-order valence-corrected chi connectivity index (χ3v) is 3.17. The van der Waals surface area contributed by atoms with Gasteiger partial charge in [-0.3, -0.25) is 0 Å². The van der Waals surface area contributed by atoms with Crippen molar-refractivity contribution < 1.29 is 4.74 Å². The van der Waals surface area contributed by atoms with Gasteiger partial charge in [-0.2, -0.15) is 5.10 Å². The Hall–Kier alpha value is -2.82. The highest BCUT2D eigenvalue weighted by molar-refractivity contribution is 5.39. The molecule has 0 unspecified atom stereocenters. The lowest BCUT2D eigenvalue weighted by Gasteiger charge is -2.08. The summed E-state index contributed by atoms with van der Waals surface area (Å²) >= 11 is 0. The molecule has 0 aliphatic carbocycles. The highest BCUT2D eigenvalue weighted by Crippen LogP contribution is 2.17. The second-order valence-corrected chi connectivity index (χ2v) is 4.80. The average Bonchev–Trinajstić information content (AvgIpc) is 2.93. The minimum atomic E-state index is -0.273. The van der Waals surface area contributed by atoms with Gasteiger partial charge in [0, 0.05) is 6.07 Å². The summed E-state index contributed by atoms with van der Waals surface area (Å²) in [5.41, 5.74) is 2.77. The molecule has 0 spiro atoms. The molecule has 3 aromatic rings. The molecule has 0 amide bonds. The molecule has 0 saturated heterocycles. The van der Waals surface area contributed by atoms with Crippen LogP contribution in [-0.2, 0) is 6.61 Å². The number of benzene rings is 2. The monoisotopic (exact) mass is 281 g/mol. The number of hydrogen-bond acceptors (Lipinski definition) is 3. The van der Waals surface area contributed by atoms with E-state index < -0.39 is 0 Å². The van der Waals surface area contributed by atoms with Crippen LogP contribution in [0.15, 0.2) is 59.7 Å². The van der Waals surface area contributed by atoms with Crippen LogP contribution in [0.3, 0.4) is 0 Å². The number of H-pyrrole nitrogens is 1. The van der Waals surface area contributed by atoms with E-state index in [4.69, 9.17) is 4.74 Å². The van der Waals surface area contributed by atoms with E-state index in [-0.39, 0.29) is 5.69 Å². The quantitative estimate of drug-likeness (QED) is 0.799. The summed E-state index contributed by atoms with van der Waals surface area (Å²) in [5.74, 6) is 0.709. The Morgan fingerprint density at radius 2 is 2.00 bits per heavy atom. The molecule has 5 nitrogen and oxygen atoms in total. The zero-order valence-corrected chi connectivity index (χ0v) is 11.6. The first-order valence-corrected chi connectivity index (χ1v) is 6.63. The van der Waals surface area contributed by atoms with Crippen LogP contribution in [0.25, 0.3) is 5.69 Å². The van der Waals surface area contributed by atoms with E-state index in [9.17, 15) is 4.79 Å². The highest BCUT2D eigenvalue weighted by atomic mass is 16.5. The van der Waals surface area contributed by atoms with Gasteiger partial charge in [-0.1, -0.05) is 35.9 Å². The van der Waals surface area contributed by atoms with Gasteiger partial charge >= 0.3 is 5.69 Å². The van der Waals surface area contributed by atoms with Crippen molar-refractivity contribution in [2.45, 2.75) is 13.5 Å². The molecule has 0 radical (unpaired) electrons. The first-order valence-electron chi connectivity index (χ1n) is 6.63. The topological polar surface area (TPSA) is 59.9 Å². The molecule has 2 aromatic carbocycles. The van der Waals surface area contributed by atoms with E-state index in [0.717, 1.165) is 11.3 Å². The smallest absolute Gasteiger partial charge is 0.347 e. The molecular formula is C16H15N3O2. The second-order valence-electron chi connectivity index (χ2n) is 4.80. The van der Waals surface area contributed by atoms with Crippen LogP contribution >= 0.6 is 0 Å². The van der Waals surface area contributed by atoms with Crippen LogP contribution in [0.2, 0.25) is 0 Å². The molecule has 1 aromatic heterocycles. The van der Waals surface area contributed by atoms with Crippen LogP contribution in [-0.4, -0.2) is 14.8 Å². The van der Waals surface area contributed by atoms with Crippen molar-refractivity contribution in [3.05, 3.63) is 76.5 Å². The van der Waals surface area contributed by atoms with Crippen molar-refractivity contribution in [2.24, 2.45) is 0 Å². The Morgan fingerprint density at radius 3 is 2.71 bits per heavy atom. The number of aryl methyl sites for hydroxylation is 1. The van der Waals surface area contributed by atoms with Crippen molar-refractivity contribution in [2.75, 3.05) is 0 Å². The molecule has 1 N–H and O–H groups in total. The minimum Gasteiger partial charge on any atom is -0.489 e. The Bertz CT molecular complexity index is 788. The molecule has 21 heavy (non-hydrogen) atoms. The van der Waals surface area contributed by atoms with Gasteiger partial charge in [0.1, 0.15) is 18.7 Å². The van der Waals surface area contributed by atoms with E-state index in [1.54, 1.807) is 0 Å². The van der Waals surface area contributed by atoms with E-state index >= 15 is 0 Å². The maximum Gasteiger partial charge on any atom is 0.347 e. The Labute approximate surface area is 121 Å². The highest BCUT2D eigenvalue weighted by Gasteiger charge is 2.03. The Kier molecular flexibility index (Phi) is 3.55. The first-order chi connectivity index (χ1) is 10.2. The molecule has 0 bridgehead atoms. The van der Waals surface area contributed by atoms with Crippen molar-refractivity contribution >= 4 is 0 Å². The Balaban J connectivity index is 1.76.